The number of nitrogens with one attached hydrogen (secondary N) is 5. The zero-order valence-electron chi connectivity index (χ0n) is 24.4. The van der Waals surface area contributed by atoms with Gasteiger partial charge in [-0.15, -0.1) is 0 Å². The molecule has 7 N–H and O–H groups in total. The molecular weight excluding hydrogens is 558 g/mol. The summed E-state index contributed by atoms with van der Waals surface area (Å²) in [5.74, 6) is -4.29. The second-order valence-corrected chi connectivity index (χ2v) is 10.5. The van der Waals surface area contributed by atoms with Crippen molar-refractivity contribution in [2.24, 2.45) is 5.92 Å². The fourth-order valence-electron chi connectivity index (χ4n) is 4.12. The number of phenolic OH excluding ortho intramolecular Hbond substituents is 1. The molecule has 3 atom stereocenters. The van der Waals surface area contributed by atoms with Crippen LogP contribution in [0.5, 0.6) is 5.75 Å². The summed E-state index contributed by atoms with van der Waals surface area (Å²) in [7, 11) is 0. The third-order valence-corrected chi connectivity index (χ3v) is 6.20. The van der Waals surface area contributed by atoms with E-state index in [2.05, 4.69) is 26.6 Å². The van der Waals surface area contributed by atoms with E-state index in [0.29, 0.717) is 5.56 Å². The van der Waals surface area contributed by atoms with Crippen LogP contribution in [0.25, 0.3) is 0 Å². The fraction of sp³-hybridized carbons (Fsp3) is 0.400. The molecule has 43 heavy (non-hydrogen) atoms. The summed E-state index contributed by atoms with van der Waals surface area (Å²) < 4.78 is 0. The number of phenols is 1. The van der Waals surface area contributed by atoms with E-state index in [1.807, 2.05) is 13.8 Å². The lowest BCUT2D eigenvalue weighted by atomic mass is 10.0. The van der Waals surface area contributed by atoms with Crippen molar-refractivity contribution in [1.82, 2.24) is 26.6 Å². The Morgan fingerprint density at radius 3 is 1.79 bits per heavy atom. The fourth-order valence-corrected chi connectivity index (χ4v) is 4.12. The summed E-state index contributed by atoms with van der Waals surface area (Å²) in [6.07, 6.45) is 0.398. The zero-order chi connectivity index (χ0) is 31.9. The monoisotopic (exact) mass is 597 g/mol. The number of hydrogen-bond acceptors (Lipinski definition) is 7. The Labute approximate surface area is 249 Å². The van der Waals surface area contributed by atoms with Gasteiger partial charge in [0, 0.05) is 19.8 Å². The van der Waals surface area contributed by atoms with E-state index in [0.717, 1.165) is 5.56 Å². The molecule has 0 saturated carbocycles. The maximum absolute atomic E-state index is 13.0. The predicted octanol–water partition coefficient (Wildman–Crippen LogP) is 0.0148. The normalized spacial score (nSPS) is 12.7. The summed E-state index contributed by atoms with van der Waals surface area (Å²) in [5.41, 5.74) is 1.40. The molecule has 2 aromatic carbocycles. The topological polar surface area (TPSA) is 203 Å². The van der Waals surface area contributed by atoms with E-state index in [4.69, 9.17) is 0 Å². The van der Waals surface area contributed by atoms with Gasteiger partial charge in [-0.3, -0.25) is 24.0 Å². The van der Waals surface area contributed by atoms with Crippen molar-refractivity contribution >= 4 is 35.5 Å². The maximum atomic E-state index is 13.0. The minimum Gasteiger partial charge on any atom is -0.508 e. The van der Waals surface area contributed by atoms with Gasteiger partial charge in [-0.25, -0.2) is 4.79 Å². The molecule has 0 aromatic heterocycles. The highest BCUT2D eigenvalue weighted by Crippen LogP contribution is 2.12. The Balaban J connectivity index is 1.95. The van der Waals surface area contributed by atoms with Crippen molar-refractivity contribution in [2.45, 2.75) is 58.2 Å². The van der Waals surface area contributed by atoms with E-state index in [-0.39, 0.29) is 30.9 Å². The number of rotatable bonds is 16. The van der Waals surface area contributed by atoms with Crippen LogP contribution in [0.15, 0.2) is 54.6 Å². The number of carboxylic acids is 1. The second kappa shape index (κ2) is 17.1. The number of aromatic hydroxyl groups is 1. The number of aliphatic carboxylic acids is 1. The molecule has 0 fully saturated rings. The van der Waals surface area contributed by atoms with Gasteiger partial charge in [0.05, 0.1) is 13.1 Å². The number of hydrogen-bond donors (Lipinski definition) is 7. The van der Waals surface area contributed by atoms with Crippen LogP contribution in [-0.2, 0) is 41.6 Å². The van der Waals surface area contributed by atoms with Crippen molar-refractivity contribution in [1.29, 1.82) is 0 Å². The van der Waals surface area contributed by atoms with Crippen LogP contribution in [0.2, 0.25) is 0 Å². The smallest absolute Gasteiger partial charge is 0.326 e. The Kier molecular flexibility index (Phi) is 13.6. The largest absolute Gasteiger partial charge is 0.508 e. The van der Waals surface area contributed by atoms with Crippen LogP contribution >= 0.6 is 0 Å². The van der Waals surface area contributed by atoms with E-state index >= 15 is 0 Å². The Hall–Kier alpha value is -4.94. The lowest BCUT2D eigenvalue weighted by molar-refractivity contribution is -0.142. The molecular formula is C30H39N5O8. The first-order valence-electron chi connectivity index (χ1n) is 13.8. The van der Waals surface area contributed by atoms with Gasteiger partial charge in [-0.2, -0.15) is 0 Å². The summed E-state index contributed by atoms with van der Waals surface area (Å²) in [6.45, 7) is 3.91. The summed E-state index contributed by atoms with van der Waals surface area (Å²) in [6, 6.07) is 11.7. The predicted molar refractivity (Wildman–Crippen MR) is 157 cm³/mol. The molecule has 2 aromatic rings. The summed E-state index contributed by atoms with van der Waals surface area (Å²) in [5, 5.41) is 31.3. The minimum atomic E-state index is -1.19. The quantitative estimate of drug-likeness (QED) is 0.140. The molecule has 2 rings (SSSR count). The van der Waals surface area contributed by atoms with Gasteiger partial charge in [0.2, 0.25) is 29.5 Å². The summed E-state index contributed by atoms with van der Waals surface area (Å²) >= 11 is 0. The molecule has 13 nitrogen and oxygen atoms in total. The molecule has 0 aliphatic rings. The first kappa shape index (κ1) is 34.3. The maximum Gasteiger partial charge on any atom is 0.326 e. The first-order chi connectivity index (χ1) is 20.3. The van der Waals surface area contributed by atoms with Crippen LogP contribution in [0.1, 0.15) is 38.3 Å². The number of carbonyl (C=O) groups excluding carboxylic acids is 5. The lowest BCUT2D eigenvalue weighted by Gasteiger charge is -2.22. The Morgan fingerprint density at radius 1 is 0.674 bits per heavy atom. The molecule has 0 radical (unpaired) electrons. The number of carboxylic acid groups (broad SMARTS) is 1. The van der Waals surface area contributed by atoms with Gasteiger partial charge in [-0.1, -0.05) is 56.3 Å². The SMILES string of the molecule is CC(=O)N[C@@H](Cc1ccc(O)cc1)C(=O)NCC(=O)NCC(=O)N[C@@H](Cc1ccccc1)C(=O)N[C@@H](CC(C)C)C(=O)O. The molecule has 0 unspecified atom stereocenters. The van der Waals surface area contributed by atoms with Gasteiger partial charge in [0.25, 0.3) is 0 Å². The van der Waals surface area contributed by atoms with Crippen molar-refractivity contribution in [3.05, 3.63) is 65.7 Å². The molecule has 232 valence electrons. The third-order valence-electron chi connectivity index (χ3n) is 6.20. The molecule has 13 heteroatoms. The molecule has 0 heterocycles. The molecule has 0 spiro atoms. The van der Waals surface area contributed by atoms with E-state index in [9.17, 15) is 39.0 Å². The highest BCUT2D eigenvalue weighted by molar-refractivity contribution is 5.93. The van der Waals surface area contributed by atoms with E-state index < -0.39 is 66.7 Å². The van der Waals surface area contributed by atoms with E-state index in [1.54, 1.807) is 42.5 Å². The van der Waals surface area contributed by atoms with Gasteiger partial charge in [-0.05, 0) is 35.6 Å². The average Bonchev–Trinajstić information content (AvgIpc) is 2.94. The van der Waals surface area contributed by atoms with Crippen LogP contribution in [-0.4, -0.2) is 76.9 Å². The minimum absolute atomic E-state index is 0.000555. The van der Waals surface area contributed by atoms with Crippen LogP contribution in [0, 0.1) is 5.92 Å². The van der Waals surface area contributed by atoms with Crippen molar-refractivity contribution in [3.63, 3.8) is 0 Å². The Morgan fingerprint density at radius 2 is 1.23 bits per heavy atom. The molecule has 0 aliphatic carbocycles. The second-order valence-electron chi connectivity index (χ2n) is 10.5. The molecule has 5 amide bonds. The zero-order valence-corrected chi connectivity index (χ0v) is 24.4. The summed E-state index contributed by atoms with van der Waals surface area (Å²) in [4.78, 5) is 74.0. The van der Waals surface area contributed by atoms with Crippen molar-refractivity contribution in [2.75, 3.05) is 13.1 Å². The molecule has 0 saturated heterocycles. The number of benzene rings is 2. The lowest BCUT2D eigenvalue weighted by Crippen LogP contribution is -2.54. The molecule has 0 aliphatic heterocycles. The van der Waals surface area contributed by atoms with Crippen LogP contribution < -0.4 is 26.6 Å². The third kappa shape index (κ3) is 13.1. The van der Waals surface area contributed by atoms with Crippen molar-refractivity contribution in [3.8, 4) is 5.75 Å². The van der Waals surface area contributed by atoms with Gasteiger partial charge >= 0.3 is 5.97 Å². The standard InChI is InChI=1S/C30H39N5O8/c1-18(2)13-25(30(42)43)35-29(41)24(14-20-7-5-4-6-8-20)34-27(39)17-31-26(38)16-32-28(40)23(33-19(3)36)15-21-9-11-22(37)12-10-21/h4-12,18,23-25,37H,13-17H2,1-3H3,(H,31,38)(H,32,40)(H,33,36)(H,34,39)(H,35,41)(H,42,43)/t23-,24-,25-/m0/s1. The average molecular weight is 598 g/mol. The van der Waals surface area contributed by atoms with Gasteiger partial charge < -0.3 is 36.8 Å². The number of amides is 5. The Bertz CT molecular complexity index is 1270. The van der Waals surface area contributed by atoms with E-state index in [1.165, 1.54) is 19.1 Å². The van der Waals surface area contributed by atoms with Gasteiger partial charge in [0.15, 0.2) is 0 Å². The molecule has 0 bridgehead atoms. The van der Waals surface area contributed by atoms with Gasteiger partial charge in [0.1, 0.15) is 23.9 Å². The highest BCUT2D eigenvalue weighted by Gasteiger charge is 2.27. The highest BCUT2D eigenvalue weighted by atomic mass is 16.4. The van der Waals surface area contributed by atoms with Crippen LogP contribution in [0.3, 0.4) is 0 Å². The van der Waals surface area contributed by atoms with Crippen molar-refractivity contribution < 1.29 is 39.0 Å². The first-order valence-corrected chi connectivity index (χ1v) is 13.8. The number of carbonyl (C=O) groups is 6. The van der Waals surface area contributed by atoms with Crippen LogP contribution in [0.4, 0.5) is 0 Å².